The molecular formula is C9H10N2. The molecule has 1 aromatic rings. The van der Waals surface area contributed by atoms with E-state index in [1.54, 1.807) is 19.0 Å². The highest BCUT2D eigenvalue weighted by Gasteiger charge is 1.93. The van der Waals surface area contributed by atoms with Crippen molar-refractivity contribution in [2.75, 3.05) is 19.0 Å². The minimum Gasteiger partial charge on any atom is -0.378 e. The fourth-order valence-corrected chi connectivity index (χ4v) is 0.698. The Balaban J connectivity index is 3.33. The van der Waals surface area contributed by atoms with Gasteiger partial charge in [0.1, 0.15) is 0 Å². The lowest BCUT2D eigenvalue weighted by atomic mass is 10.2. The Labute approximate surface area is 69.5 Å². The van der Waals surface area contributed by atoms with Crippen LogP contribution in [0.3, 0.4) is 0 Å². The molecule has 0 aliphatic carbocycles. The quantitative estimate of drug-likeness (QED) is 0.605. The van der Waals surface area contributed by atoms with E-state index in [0.717, 1.165) is 0 Å². The summed E-state index contributed by atoms with van der Waals surface area (Å²) in [7, 11) is 3.55. The smallest absolute Gasteiger partial charge is 0.0991 e. The van der Waals surface area contributed by atoms with Crippen molar-refractivity contribution in [3.8, 4) is 6.07 Å². The molecule has 0 aromatic heterocycles. The number of hydrogen-bond acceptors (Lipinski definition) is 2. The van der Waals surface area contributed by atoms with E-state index in [4.69, 9.17) is 8.00 Å². The van der Waals surface area contributed by atoms with Crippen molar-refractivity contribution >= 4 is 5.69 Å². The van der Waals surface area contributed by atoms with Crippen molar-refractivity contribution in [2.24, 2.45) is 0 Å². The molecule has 2 heteroatoms. The Bertz CT molecular complexity index is 343. The summed E-state index contributed by atoms with van der Waals surface area (Å²) in [5.74, 6) is 0. The highest BCUT2D eigenvalue weighted by molar-refractivity contribution is 5.48. The minimum absolute atomic E-state index is 0.217. The minimum atomic E-state index is 0.217. The summed E-state index contributed by atoms with van der Waals surface area (Å²) in [5.41, 5.74) is 0.902. The summed E-state index contributed by atoms with van der Waals surface area (Å²) in [6.45, 7) is 0. The second-order valence-electron chi connectivity index (χ2n) is 2.39. The molecule has 0 saturated heterocycles. The van der Waals surface area contributed by atoms with Crippen molar-refractivity contribution < 1.29 is 2.74 Å². The third-order valence-electron chi connectivity index (χ3n) is 1.31. The molecular weight excluding hydrogens is 136 g/mol. The van der Waals surface area contributed by atoms with Gasteiger partial charge >= 0.3 is 0 Å². The van der Waals surface area contributed by atoms with Gasteiger partial charge in [-0.3, -0.25) is 0 Å². The molecule has 0 spiro atoms. The fraction of sp³-hybridized carbons (Fsp3) is 0.222. The second kappa shape index (κ2) is 3.07. The van der Waals surface area contributed by atoms with E-state index in [2.05, 4.69) is 0 Å². The normalized spacial score (nSPS) is 11.4. The fourth-order valence-electron chi connectivity index (χ4n) is 0.698. The maximum absolute atomic E-state index is 8.59. The van der Waals surface area contributed by atoms with Crippen LogP contribution in [0.25, 0.3) is 0 Å². The number of nitriles is 1. The molecule has 11 heavy (non-hydrogen) atoms. The summed E-state index contributed by atoms with van der Waals surface area (Å²) < 4.78 is 15.1. The summed E-state index contributed by atoms with van der Waals surface area (Å²) >= 11 is 0. The molecule has 0 fully saturated rings. The standard InChI is InChI=1S/C9H10N2/c1-11(2)9-5-3-8(7-10)4-6-9/h3-6H,1-2H3/i5D,6D. The maximum Gasteiger partial charge on any atom is 0.0991 e. The van der Waals surface area contributed by atoms with Crippen LogP contribution in [0.1, 0.15) is 8.30 Å². The lowest BCUT2D eigenvalue weighted by Crippen LogP contribution is -2.07. The molecule has 0 N–H and O–H groups in total. The summed E-state index contributed by atoms with van der Waals surface area (Å²) in [5, 5.41) is 8.59. The third-order valence-corrected chi connectivity index (χ3v) is 1.31. The van der Waals surface area contributed by atoms with Crippen LogP contribution in [0.2, 0.25) is 0 Å². The average Bonchev–Trinajstić information content (AvgIpc) is 2.02. The highest BCUT2D eigenvalue weighted by Crippen LogP contribution is 2.10. The van der Waals surface area contributed by atoms with Crippen molar-refractivity contribution in [1.29, 1.82) is 5.26 Å². The molecule has 0 heterocycles. The molecule has 0 amide bonds. The lowest BCUT2D eigenvalue weighted by molar-refractivity contribution is 1.13. The molecule has 0 bridgehead atoms. The number of hydrogen-bond donors (Lipinski definition) is 0. The molecule has 0 saturated carbocycles. The van der Waals surface area contributed by atoms with Gasteiger partial charge in [-0.25, -0.2) is 0 Å². The molecule has 56 valence electrons. The van der Waals surface area contributed by atoms with Crippen LogP contribution in [-0.4, -0.2) is 14.1 Å². The SMILES string of the molecule is [2H]c1cc(C#N)cc([2H])c1N(C)C. The molecule has 2 nitrogen and oxygen atoms in total. The van der Waals surface area contributed by atoms with Gasteiger partial charge in [0.15, 0.2) is 0 Å². The summed E-state index contributed by atoms with van der Waals surface area (Å²) in [4.78, 5) is 1.70. The summed E-state index contributed by atoms with van der Waals surface area (Å²) in [6.07, 6.45) is 0. The molecule has 0 aliphatic heterocycles. The largest absolute Gasteiger partial charge is 0.378 e. The molecule has 1 rings (SSSR count). The highest BCUT2D eigenvalue weighted by atomic mass is 15.1. The van der Waals surface area contributed by atoms with Crippen LogP contribution >= 0.6 is 0 Å². The van der Waals surface area contributed by atoms with E-state index < -0.39 is 0 Å². The van der Waals surface area contributed by atoms with Gasteiger partial charge in [-0.05, 0) is 24.2 Å². The van der Waals surface area contributed by atoms with Crippen molar-refractivity contribution in [2.45, 2.75) is 0 Å². The predicted molar refractivity (Wildman–Crippen MR) is 45.5 cm³/mol. The van der Waals surface area contributed by atoms with Crippen molar-refractivity contribution in [3.63, 3.8) is 0 Å². The van der Waals surface area contributed by atoms with Gasteiger partial charge in [0.2, 0.25) is 0 Å². The van der Waals surface area contributed by atoms with E-state index in [1.807, 2.05) is 6.07 Å². The van der Waals surface area contributed by atoms with E-state index in [-0.39, 0.29) is 12.1 Å². The van der Waals surface area contributed by atoms with Crippen LogP contribution in [0.15, 0.2) is 24.2 Å². The van der Waals surface area contributed by atoms with Crippen LogP contribution in [0.4, 0.5) is 5.69 Å². The van der Waals surface area contributed by atoms with Gasteiger partial charge in [0.25, 0.3) is 0 Å². The molecule has 0 unspecified atom stereocenters. The van der Waals surface area contributed by atoms with Gasteiger partial charge in [0.05, 0.1) is 14.4 Å². The Kier molecular flexibility index (Phi) is 1.45. The summed E-state index contributed by atoms with van der Waals surface area (Å²) in [6, 6.07) is 5.28. The number of anilines is 1. The van der Waals surface area contributed by atoms with E-state index in [0.29, 0.717) is 11.3 Å². The average molecular weight is 148 g/mol. The second-order valence-corrected chi connectivity index (χ2v) is 2.39. The van der Waals surface area contributed by atoms with Crippen LogP contribution in [0, 0.1) is 11.3 Å². The van der Waals surface area contributed by atoms with E-state index >= 15 is 0 Å². The first-order valence-electron chi connectivity index (χ1n) is 4.25. The van der Waals surface area contributed by atoms with Gasteiger partial charge in [-0.2, -0.15) is 5.26 Å². The van der Waals surface area contributed by atoms with Crippen molar-refractivity contribution in [1.82, 2.24) is 0 Å². The molecule has 0 radical (unpaired) electrons. The Morgan fingerprint density at radius 2 is 2.00 bits per heavy atom. The number of rotatable bonds is 1. The first-order valence-corrected chi connectivity index (χ1v) is 3.25. The maximum atomic E-state index is 8.59. The monoisotopic (exact) mass is 148 g/mol. The lowest BCUT2D eigenvalue weighted by Gasteiger charge is -2.11. The third kappa shape index (κ3) is 1.71. The number of nitrogens with zero attached hydrogens (tertiary/aromatic N) is 2. The van der Waals surface area contributed by atoms with Gasteiger partial charge < -0.3 is 4.90 Å². The van der Waals surface area contributed by atoms with Crippen LogP contribution in [-0.2, 0) is 0 Å². The van der Waals surface area contributed by atoms with Gasteiger partial charge in [-0.1, -0.05) is 0 Å². The predicted octanol–water partition coefficient (Wildman–Crippen LogP) is 1.62. The zero-order chi connectivity index (χ0) is 10.0. The molecule has 0 aliphatic rings. The van der Waals surface area contributed by atoms with E-state index in [1.165, 1.54) is 12.1 Å². The molecule has 0 atom stereocenters. The zero-order valence-corrected chi connectivity index (χ0v) is 6.55. The Morgan fingerprint density at radius 3 is 2.36 bits per heavy atom. The Morgan fingerprint density at radius 1 is 1.45 bits per heavy atom. The first kappa shape index (κ1) is 5.20. The van der Waals surface area contributed by atoms with Crippen LogP contribution in [0.5, 0.6) is 0 Å². The van der Waals surface area contributed by atoms with Gasteiger partial charge in [-0.15, -0.1) is 0 Å². The number of benzene rings is 1. The topological polar surface area (TPSA) is 27.0 Å². The zero-order valence-electron chi connectivity index (χ0n) is 8.55. The first-order chi connectivity index (χ1) is 6.06. The van der Waals surface area contributed by atoms with Gasteiger partial charge in [0, 0.05) is 19.8 Å². The van der Waals surface area contributed by atoms with Crippen molar-refractivity contribution in [3.05, 3.63) is 29.8 Å². The molecule has 1 aromatic carbocycles. The Hall–Kier alpha value is -1.49. The van der Waals surface area contributed by atoms with E-state index in [9.17, 15) is 0 Å². The van der Waals surface area contributed by atoms with Crippen LogP contribution < -0.4 is 4.90 Å².